The summed E-state index contributed by atoms with van der Waals surface area (Å²) >= 11 is 0. The number of carbonyl (C=O) groups is 1. The average Bonchev–Trinajstić information content (AvgIpc) is 3.77. The van der Waals surface area contributed by atoms with Gasteiger partial charge in [0.2, 0.25) is 0 Å². The lowest BCUT2D eigenvalue weighted by Crippen LogP contribution is -2.74. The standard InChI is InChI=1S/C52H82O6/c1-7-13-41-51-24-21-40-47(4)28-27-45(2)25-26-46(3,44(54)55)35-42(45)49(47,23-12-8-9-14-37-15-10-11-16-37)30-29-48(40,5)50(51,36-53)31-32-52(41,56)58-43(51)34-39-19-17-38(18-20-39)22-33-57-6/h17-20,37,40-43,53,56H,7-16,21-36H2,1-6H3,(H,54,55)/t40-,41-,42?,43-,45-,46+,47-,48+,49-,50+,51+,52-/m0/s1. The van der Waals surface area contributed by atoms with Gasteiger partial charge in [-0.05, 0) is 147 Å². The number of aliphatic hydroxyl groups excluding tert-OH is 1. The maximum atomic E-state index is 13.1. The Morgan fingerprint density at radius 3 is 2.21 bits per heavy atom. The zero-order valence-electron chi connectivity index (χ0n) is 37.6. The molecule has 1 aromatic carbocycles. The first-order valence-electron chi connectivity index (χ1n) is 24.5. The van der Waals surface area contributed by atoms with Crippen molar-refractivity contribution in [2.75, 3.05) is 20.3 Å². The van der Waals surface area contributed by atoms with Crippen LogP contribution in [0.4, 0.5) is 0 Å². The number of benzene rings is 1. The number of methoxy groups -OCH3 is 1. The van der Waals surface area contributed by atoms with E-state index in [1.54, 1.807) is 7.11 Å². The van der Waals surface area contributed by atoms with E-state index < -0.39 is 17.2 Å². The van der Waals surface area contributed by atoms with E-state index in [4.69, 9.17) is 9.47 Å². The van der Waals surface area contributed by atoms with Gasteiger partial charge >= 0.3 is 5.97 Å². The predicted octanol–water partition coefficient (Wildman–Crippen LogP) is 11.7. The summed E-state index contributed by atoms with van der Waals surface area (Å²) in [6, 6.07) is 8.99. The molecule has 6 saturated carbocycles. The van der Waals surface area contributed by atoms with Crippen LogP contribution in [-0.4, -0.2) is 53.5 Å². The second-order valence-corrected chi connectivity index (χ2v) is 22.9. The van der Waals surface area contributed by atoms with Gasteiger partial charge in [-0.3, -0.25) is 4.79 Å². The largest absolute Gasteiger partial charge is 0.481 e. The SMILES string of the molecule is CCC[C@H]1[C@@]23CC[C@H]4[C@]5(C)CC[C@]6(C)CC[C@@](C)(C(=O)O)CC6[C@]5(CCCCCC5CCCC5)CC[C@@]4(C)[C@]2(CO)CC[C@]1(O)O[C@H]3Cc1ccc(CCOC)cc1. The molecule has 6 aliphatic carbocycles. The molecule has 6 heteroatoms. The van der Waals surface area contributed by atoms with Gasteiger partial charge in [0.05, 0.1) is 18.1 Å². The number of ether oxygens (including phenoxy) is 2. The maximum Gasteiger partial charge on any atom is 0.309 e. The van der Waals surface area contributed by atoms with Gasteiger partial charge in [-0.25, -0.2) is 0 Å². The number of unbranched alkanes of at least 4 members (excludes halogenated alkanes) is 2. The van der Waals surface area contributed by atoms with Crippen molar-refractivity contribution in [3.05, 3.63) is 35.4 Å². The lowest BCUT2D eigenvalue weighted by Gasteiger charge is -2.78. The third-order valence-corrected chi connectivity index (χ3v) is 20.8. The van der Waals surface area contributed by atoms with Crippen molar-refractivity contribution in [1.82, 2.24) is 0 Å². The molecule has 6 nitrogen and oxygen atoms in total. The van der Waals surface area contributed by atoms with Gasteiger partial charge in [0.15, 0.2) is 5.79 Å². The quantitative estimate of drug-likeness (QED) is 0.153. The van der Waals surface area contributed by atoms with Gasteiger partial charge in [0, 0.05) is 36.9 Å². The summed E-state index contributed by atoms with van der Waals surface area (Å²) in [7, 11) is 1.75. The zero-order valence-corrected chi connectivity index (χ0v) is 37.6. The third-order valence-electron chi connectivity index (χ3n) is 20.8. The van der Waals surface area contributed by atoms with Crippen molar-refractivity contribution >= 4 is 5.97 Å². The number of rotatable bonds is 15. The summed E-state index contributed by atoms with van der Waals surface area (Å²) < 4.78 is 12.5. The molecule has 8 rings (SSSR count). The van der Waals surface area contributed by atoms with E-state index in [1.807, 2.05) is 0 Å². The van der Waals surface area contributed by atoms with Gasteiger partial charge < -0.3 is 24.8 Å². The van der Waals surface area contributed by atoms with Crippen LogP contribution in [0.5, 0.6) is 0 Å². The number of aliphatic hydroxyl groups is 2. The molecule has 1 aromatic rings. The summed E-state index contributed by atoms with van der Waals surface area (Å²) in [5.74, 6) is 0.0106. The molecule has 7 fully saturated rings. The van der Waals surface area contributed by atoms with Crippen LogP contribution in [0.1, 0.15) is 187 Å². The number of aliphatic carboxylic acids is 1. The van der Waals surface area contributed by atoms with Crippen LogP contribution in [0.15, 0.2) is 24.3 Å². The molecule has 1 unspecified atom stereocenters. The molecule has 1 saturated heterocycles. The number of carboxylic acids is 1. The van der Waals surface area contributed by atoms with Crippen molar-refractivity contribution in [2.45, 2.75) is 201 Å². The fourth-order valence-electron chi connectivity index (χ4n) is 17.6. The molecule has 2 bridgehead atoms. The molecule has 0 amide bonds. The summed E-state index contributed by atoms with van der Waals surface area (Å²) in [6.07, 6.45) is 26.3. The fourth-order valence-corrected chi connectivity index (χ4v) is 17.6. The first-order valence-corrected chi connectivity index (χ1v) is 24.5. The smallest absolute Gasteiger partial charge is 0.309 e. The van der Waals surface area contributed by atoms with Crippen LogP contribution in [-0.2, 0) is 27.1 Å². The second-order valence-electron chi connectivity index (χ2n) is 22.9. The van der Waals surface area contributed by atoms with E-state index in [2.05, 4.69) is 58.9 Å². The minimum atomic E-state index is -1.15. The Balaban J connectivity index is 1.17. The van der Waals surface area contributed by atoms with E-state index in [0.29, 0.717) is 24.9 Å². The molecule has 12 atom stereocenters. The highest BCUT2D eigenvalue weighted by Gasteiger charge is 2.82. The molecular weight excluding hydrogens is 721 g/mol. The minimum Gasteiger partial charge on any atom is -0.481 e. The molecule has 58 heavy (non-hydrogen) atoms. The Hall–Kier alpha value is -1.47. The van der Waals surface area contributed by atoms with Gasteiger partial charge in [-0.15, -0.1) is 0 Å². The lowest BCUT2D eigenvalue weighted by atomic mass is 9.26. The van der Waals surface area contributed by atoms with Crippen molar-refractivity contribution in [3.8, 4) is 0 Å². The highest BCUT2D eigenvalue weighted by molar-refractivity contribution is 5.74. The summed E-state index contributed by atoms with van der Waals surface area (Å²) in [4.78, 5) is 13.1. The first-order chi connectivity index (χ1) is 27.6. The molecule has 3 N–H and O–H groups in total. The highest BCUT2D eigenvalue weighted by atomic mass is 16.6. The number of carboxylic acid groups (broad SMARTS) is 1. The van der Waals surface area contributed by atoms with Gasteiger partial charge in [0.1, 0.15) is 0 Å². The second kappa shape index (κ2) is 15.7. The first kappa shape index (κ1) is 43.2. The molecule has 1 aliphatic heterocycles. The Labute approximate surface area is 352 Å². The lowest BCUT2D eigenvalue weighted by molar-refractivity contribution is -0.314. The van der Waals surface area contributed by atoms with E-state index in [1.165, 1.54) is 81.8 Å². The summed E-state index contributed by atoms with van der Waals surface area (Å²) in [5.41, 5.74) is 1.36. The molecular formula is C52H82O6. The Bertz CT molecular complexity index is 1620. The normalized spacial score (nSPS) is 45.9. The van der Waals surface area contributed by atoms with E-state index in [0.717, 1.165) is 83.0 Å². The van der Waals surface area contributed by atoms with Gasteiger partial charge in [-0.1, -0.05) is 110 Å². The molecule has 1 heterocycles. The number of hydrogen-bond acceptors (Lipinski definition) is 5. The number of fused-ring (bicyclic) bond motifs is 7. The van der Waals surface area contributed by atoms with Crippen LogP contribution < -0.4 is 0 Å². The van der Waals surface area contributed by atoms with Gasteiger partial charge in [-0.2, -0.15) is 0 Å². The fraction of sp³-hybridized carbons (Fsp3) is 0.865. The number of hydrogen-bond donors (Lipinski definition) is 3. The highest BCUT2D eigenvalue weighted by Crippen LogP contribution is 2.84. The zero-order chi connectivity index (χ0) is 41.2. The Kier molecular flexibility index (Phi) is 11.7. The van der Waals surface area contributed by atoms with Crippen LogP contribution in [0.3, 0.4) is 0 Å². The van der Waals surface area contributed by atoms with Crippen molar-refractivity contribution < 1.29 is 29.6 Å². The topological polar surface area (TPSA) is 96.2 Å². The van der Waals surface area contributed by atoms with E-state index in [9.17, 15) is 20.1 Å². The van der Waals surface area contributed by atoms with Crippen LogP contribution in [0, 0.1) is 61.6 Å². The van der Waals surface area contributed by atoms with Crippen LogP contribution >= 0.6 is 0 Å². The van der Waals surface area contributed by atoms with Crippen LogP contribution in [0.2, 0.25) is 0 Å². The Morgan fingerprint density at radius 2 is 1.52 bits per heavy atom. The van der Waals surface area contributed by atoms with E-state index in [-0.39, 0.29) is 51.1 Å². The average molecular weight is 803 g/mol. The molecule has 7 aliphatic rings. The molecule has 326 valence electrons. The molecule has 0 radical (unpaired) electrons. The molecule has 0 aromatic heterocycles. The van der Waals surface area contributed by atoms with E-state index >= 15 is 0 Å². The monoisotopic (exact) mass is 803 g/mol. The van der Waals surface area contributed by atoms with Crippen LogP contribution in [0.25, 0.3) is 0 Å². The minimum absolute atomic E-state index is 0.00160. The predicted molar refractivity (Wildman–Crippen MR) is 231 cm³/mol. The van der Waals surface area contributed by atoms with Crippen molar-refractivity contribution in [2.24, 2.45) is 61.6 Å². The Morgan fingerprint density at radius 1 is 0.810 bits per heavy atom. The third kappa shape index (κ3) is 6.30. The van der Waals surface area contributed by atoms with Crippen molar-refractivity contribution in [3.63, 3.8) is 0 Å². The maximum absolute atomic E-state index is 13.1. The molecule has 1 spiro atoms. The summed E-state index contributed by atoms with van der Waals surface area (Å²) in [5, 5.41) is 35.7. The van der Waals surface area contributed by atoms with Gasteiger partial charge in [0.25, 0.3) is 0 Å². The summed E-state index contributed by atoms with van der Waals surface area (Å²) in [6.45, 7) is 13.0. The van der Waals surface area contributed by atoms with Crippen molar-refractivity contribution in [1.29, 1.82) is 0 Å².